The molecule has 0 fully saturated rings. The molecule has 1 unspecified atom stereocenters. The third kappa shape index (κ3) is 4.80. The molecule has 1 atom stereocenters. The van der Waals surface area contributed by atoms with E-state index in [1.54, 1.807) is 0 Å². The molecule has 21 heavy (non-hydrogen) atoms. The average Bonchev–Trinajstić information content (AvgIpc) is 2.73. The molecule has 0 saturated carbocycles. The van der Waals surface area contributed by atoms with E-state index in [4.69, 9.17) is 0 Å². The monoisotopic (exact) mass is 290 g/mol. The molecule has 1 aliphatic rings. The largest absolute Gasteiger partial charge is 0.394 e. The quantitative estimate of drug-likeness (QED) is 0.808. The van der Waals surface area contributed by atoms with Crippen molar-refractivity contribution in [2.75, 3.05) is 32.8 Å². The van der Waals surface area contributed by atoms with Gasteiger partial charge in [-0.25, -0.2) is 0 Å². The normalized spacial score (nSPS) is 18.8. The van der Waals surface area contributed by atoms with Crippen molar-refractivity contribution in [3.05, 3.63) is 35.4 Å². The molecule has 3 heteroatoms. The fourth-order valence-corrected chi connectivity index (χ4v) is 2.99. The fraction of sp³-hybridized carbons (Fsp3) is 0.667. The van der Waals surface area contributed by atoms with Gasteiger partial charge in [-0.05, 0) is 56.8 Å². The molecule has 0 radical (unpaired) electrons. The minimum absolute atomic E-state index is 0.144. The smallest absolute Gasteiger partial charge is 0.0611 e. The number of hydrogen-bond acceptors (Lipinski definition) is 3. The predicted molar refractivity (Wildman–Crippen MR) is 88.7 cm³/mol. The molecule has 1 aliphatic heterocycles. The Morgan fingerprint density at radius 3 is 2.33 bits per heavy atom. The lowest BCUT2D eigenvalue weighted by atomic mass is 9.98. The summed E-state index contributed by atoms with van der Waals surface area (Å²) in [6.07, 6.45) is 4.40. The maximum atomic E-state index is 9.66. The number of nitrogens with one attached hydrogen (secondary N) is 1. The Morgan fingerprint density at radius 2 is 1.81 bits per heavy atom. The van der Waals surface area contributed by atoms with Crippen LogP contribution in [0.5, 0.6) is 0 Å². The van der Waals surface area contributed by atoms with Crippen LogP contribution in [0, 0.1) is 0 Å². The predicted octanol–water partition coefficient (Wildman–Crippen LogP) is 2.23. The number of nitrogens with zero attached hydrogens (tertiary/aromatic N) is 1. The highest BCUT2D eigenvalue weighted by Gasteiger charge is 2.23. The van der Waals surface area contributed by atoms with Gasteiger partial charge in [-0.2, -0.15) is 0 Å². The van der Waals surface area contributed by atoms with Gasteiger partial charge in [0.2, 0.25) is 0 Å². The first-order valence-electron chi connectivity index (χ1n) is 8.32. The van der Waals surface area contributed by atoms with Gasteiger partial charge >= 0.3 is 0 Å². The highest BCUT2D eigenvalue weighted by molar-refractivity contribution is 5.28. The lowest BCUT2D eigenvalue weighted by Crippen LogP contribution is -2.48. The van der Waals surface area contributed by atoms with Gasteiger partial charge in [0.1, 0.15) is 0 Å². The summed E-state index contributed by atoms with van der Waals surface area (Å²) in [7, 11) is 0. The van der Waals surface area contributed by atoms with E-state index in [-0.39, 0.29) is 12.1 Å². The summed E-state index contributed by atoms with van der Waals surface area (Å²) in [5.74, 6) is 0. The first kappa shape index (κ1) is 16.5. The minimum atomic E-state index is -0.144. The third-order valence-corrected chi connectivity index (χ3v) is 4.64. The lowest BCUT2D eigenvalue weighted by Gasteiger charge is -2.31. The van der Waals surface area contributed by atoms with Crippen molar-refractivity contribution in [1.82, 2.24) is 10.2 Å². The van der Waals surface area contributed by atoms with E-state index in [1.807, 2.05) is 0 Å². The highest BCUT2D eigenvalue weighted by Crippen LogP contribution is 2.17. The maximum Gasteiger partial charge on any atom is 0.0611 e. The molecular formula is C18H30N2O. The second-order valence-corrected chi connectivity index (χ2v) is 6.51. The van der Waals surface area contributed by atoms with Crippen molar-refractivity contribution in [3.8, 4) is 0 Å². The van der Waals surface area contributed by atoms with Crippen LogP contribution in [0.1, 0.15) is 37.8 Å². The zero-order valence-corrected chi connectivity index (χ0v) is 13.6. The van der Waals surface area contributed by atoms with E-state index >= 15 is 0 Å². The van der Waals surface area contributed by atoms with Crippen LogP contribution < -0.4 is 5.32 Å². The number of aliphatic hydroxyl groups excluding tert-OH is 1. The summed E-state index contributed by atoms with van der Waals surface area (Å²) in [5.41, 5.74) is 2.87. The third-order valence-electron chi connectivity index (χ3n) is 4.64. The molecule has 0 aliphatic carbocycles. The zero-order chi connectivity index (χ0) is 15.1. The Bertz CT molecular complexity index is 408. The molecule has 0 bridgehead atoms. The van der Waals surface area contributed by atoms with Gasteiger partial charge in [-0.1, -0.05) is 31.2 Å². The zero-order valence-electron chi connectivity index (χ0n) is 13.6. The van der Waals surface area contributed by atoms with Gasteiger partial charge in [0, 0.05) is 18.6 Å². The molecule has 1 aromatic rings. The van der Waals surface area contributed by atoms with Crippen molar-refractivity contribution >= 4 is 0 Å². The van der Waals surface area contributed by atoms with Crippen LogP contribution in [0.15, 0.2) is 24.3 Å². The summed E-state index contributed by atoms with van der Waals surface area (Å²) in [5, 5.41) is 13.1. The van der Waals surface area contributed by atoms with Gasteiger partial charge in [-0.15, -0.1) is 0 Å². The summed E-state index contributed by atoms with van der Waals surface area (Å²) < 4.78 is 0. The Kier molecular flexibility index (Phi) is 6.22. The molecule has 1 heterocycles. The van der Waals surface area contributed by atoms with E-state index in [9.17, 15) is 5.11 Å². The number of benzene rings is 1. The second-order valence-electron chi connectivity index (χ2n) is 6.51. The van der Waals surface area contributed by atoms with Crippen molar-refractivity contribution in [3.63, 3.8) is 0 Å². The van der Waals surface area contributed by atoms with Crippen LogP contribution in [0.2, 0.25) is 0 Å². The van der Waals surface area contributed by atoms with Crippen molar-refractivity contribution < 1.29 is 5.11 Å². The Labute approximate surface area is 129 Å². The van der Waals surface area contributed by atoms with Crippen molar-refractivity contribution in [1.29, 1.82) is 0 Å². The van der Waals surface area contributed by atoms with E-state index < -0.39 is 0 Å². The highest BCUT2D eigenvalue weighted by atomic mass is 16.3. The standard InChI is InChI=1S/C18H30N2O/c1-3-11-19-18(2,15-21)10-14-20-12-8-16-6-4-5-7-17(16)9-13-20/h4-7,19,21H,3,8-15H2,1-2H3. The van der Waals surface area contributed by atoms with Crippen LogP contribution in [0.4, 0.5) is 0 Å². The molecule has 0 saturated heterocycles. The molecule has 0 amide bonds. The summed E-state index contributed by atoms with van der Waals surface area (Å²) in [6.45, 7) is 8.80. The van der Waals surface area contributed by atoms with Crippen molar-refractivity contribution in [2.24, 2.45) is 0 Å². The number of fused-ring (bicyclic) bond motifs is 1. The van der Waals surface area contributed by atoms with E-state index in [1.165, 1.54) is 11.1 Å². The topological polar surface area (TPSA) is 35.5 Å². The lowest BCUT2D eigenvalue weighted by molar-refractivity contribution is 0.146. The molecule has 3 nitrogen and oxygen atoms in total. The SMILES string of the molecule is CCCNC(C)(CO)CCN1CCc2ccccc2CC1. The van der Waals surface area contributed by atoms with Crippen LogP contribution in [0.3, 0.4) is 0 Å². The molecule has 2 rings (SSSR count). The number of rotatable bonds is 7. The summed E-state index contributed by atoms with van der Waals surface area (Å²) in [6, 6.07) is 8.82. The van der Waals surface area contributed by atoms with Crippen LogP contribution in [0.25, 0.3) is 0 Å². The van der Waals surface area contributed by atoms with Crippen LogP contribution >= 0.6 is 0 Å². The van der Waals surface area contributed by atoms with Gasteiger partial charge in [0.05, 0.1) is 6.61 Å². The van der Waals surface area contributed by atoms with Gasteiger partial charge in [-0.3, -0.25) is 0 Å². The number of hydrogen-bond donors (Lipinski definition) is 2. The summed E-state index contributed by atoms with van der Waals surface area (Å²) >= 11 is 0. The fourth-order valence-electron chi connectivity index (χ4n) is 2.99. The second kappa shape index (κ2) is 7.92. The van der Waals surface area contributed by atoms with E-state index in [0.29, 0.717) is 0 Å². The molecule has 2 N–H and O–H groups in total. The Morgan fingerprint density at radius 1 is 1.19 bits per heavy atom. The molecule has 0 aromatic heterocycles. The average molecular weight is 290 g/mol. The maximum absolute atomic E-state index is 9.66. The molecule has 118 valence electrons. The van der Waals surface area contributed by atoms with E-state index in [2.05, 4.69) is 48.3 Å². The molecule has 1 aromatic carbocycles. The number of aliphatic hydroxyl groups is 1. The van der Waals surface area contributed by atoms with E-state index in [0.717, 1.165) is 51.9 Å². The Balaban J connectivity index is 1.84. The molecular weight excluding hydrogens is 260 g/mol. The van der Waals surface area contributed by atoms with Gasteiger partial charge < -0.3 is 15.3 Å². The summed E-state index contributed by atoms with van der Waals surface area (Å²) in [4.78, 5) is 2.54. The first-order chi connectivity index (χ1) is 10.2. The molecule has 0 spiro atoms. The van der Waals surface area contributed by atoms with Crippen LogP contribution in [-0.4, -0.2) is 48.3 Å². The van der Waals surface area contributed by atoms with Crippen LogP contribution in [-0.2, 0) is 12.8 Å². The van der Waals surface area contributed by atoms with Crippen molar-refractivity contribution in [2.45, 2.75) is 45.1 Å². The van der Waals surface area contributed by atoms with Gasteiger partial charge in [0.15, 0.2) is 0 Å². The van der Waals surface area contributed by atoms with Gasteiger partial charge in [0.25, 0.3) is 0 Å². The first-order valence-corrected chi connectivity index (χ1v) is 8.32. The minimum Gasteiger partial charge on any atom is -0.394 e. The Hall–Kier alpha value is -0.900.